The van der Waals surface area contributed by atoms with Crippen LogP contribution in [0.25, 0.3) is 0 Å². The highest BCUT2D eigenvalue weighted by Crippen LogP contribution is 2.16. The highest BCUT2D eigenvalue weighted by Gasteiger charge is 2.11. The second-order valence-electron chi connectivity index (χ2n) is 6.20. The van der Waals surface area contributed by atoms with Crippen LogP contribution in [0.1, 0.15) is 20.8 Å². The molecule has 0 fully saturated rings. The number of rotatable bonds is 9. The molecule has 5 nitrogen and oxygen atoms in total. The van der Waals surface area contributed by atoms with Gasteiger partial charge in [0.2, 0.25) is 0 Å². The summed E-state index contributed by atoms with van der Waals surface area (Å²) in [4.78, 5) is 25.2. The first-order chi connectivity index (χ1) is 14.1. The average Bonchev–Trinajstić information content (AvgIpc) is 3.25. The van der Waals surface area contributed by atoms with Gasteiger partial charge in [0.05, 0.1) is 5.56 Å². The molecule has 0 atom stereocenters. The van der Waals surface area contributed by atoms with Gasteiger partial charge in [-0.15, -0.1) is 11.3 Å². The molecule has 0 saturated heterocycles. The minimum absolute atomic E-state index is 0.241. The van der Waals surface area contributed by atoms with Gasteiger partial charge in [0.25, 0.3) is 5.91 Å². The van der Waals surface area contributed by atoms with Crippen LogP contribution in [0, 0.1) is 5.82 Å². The molecule has 3 rings (SSSR count). The number of nitrogens with one attached hydrogen (secondary N) is 1. The maximum Gasteiger partial charge on any atom is 0.338 e. The summed E-state index contributed by atoms with van der Waals surface area (Å²) in [6, 6.07) is 16.4. The Morgan fingerprint density at radius 2 is 1.86 bits per heavy atom. The lowest BCUT2D eigenvalue weighted by Gasteiger charge is -2.09. The Balaban J connectivity index is 1.43. The van der Waals surface area contributed by atoms with Gasteiger partial charge in [-0.1, -0.05) is 24.3 Å². The molecule has 0 bridgehead atoms. The van der Waals surface area contributed by atoms with Crippen molar-refractivity contribution in [3.63, 3.8) is 0 Å². The van der Waals surface area contributed by atoms with Crippen LogP contribution in [0.3, 0.4) is 0 Å². The van der Waals surface area contributed by atoms with E-state index >= 15 is 0 Å². The highest BCUT2D eigenvalue weighted by molar-refractivity contribution is 7.09. The topological polar surface area (TPSA) is 64.6 Å². The zero-order valence-corrected chi connectivity index (χ0v) is 16.4. The van der Waals surface area contributed by atoms with Crippen molar-refractivity contribution >= 4 is 23.2 Å². The number of ether oxygens (including phenoxy) is 2. The van der Waals surface area contributed by atoms with E-state index in [2.05, 4.69) is 5.32 Å². The number of hydrogen-bond acceptors (Lipinski definition) is 5. The number of halogens is 1. The van der Waals surface area contributed by atoms with Gasteiger partial charge in [-0.25, -0.2) is 9.18 Å². The molecule has 1 N–H and O–H groups in total. The van der Waals surface area contributed by atoms with Crippen LogP contribution < -0.4 is 10.1 Å². The molecule has 0 aliphatic heterocycles. The van der Waals surface area contributed by atoms with Gasteiger partial charge < -0.3 is 14.8 Å². The molecular weight excluding hydrogens is 393 g/mol. The Bertz CT molecular complexity index is 942. The fourth-order valence-corrected chi connectivity index (χ4v) is 3.21. The van der Waals surface area contributed by atoms with Crippen molar-refractivity contribution in [2.45, 2.75) is 13.0 Å². The number of carbonyl (C=O) groups is 2. The third-order valence-corrected chi connectivity index (χ3v) is 4.93. The van der Waals surface area contributed by atoms with Crippen LogP contribution in [0.5, 0.6) is 5.75 Å². The Morgan fingerprint density at radius 3 is 2.62 bits per heavy atom. The molecule has 2 aromatic carbocycles. The average molecular weight is 413 g/mol. The molecule has 0 radical (unpaired) electrons. The summed E-state index contributed by atoms with van der Waals surface area (Å²) in [5.74, 6) is -0.789. The minimum Gasteiger partial charge on any atom is -0.489 e. The van der Waals surface area contributed by atoms with Crippen molar-refractivity contribution in [3.8, 4) is 5.75 Å². The van der Waals surface area contributed by atoms with E-state index in [4.69, 9.17) is 9.47 Å². The van der Waals surface area contributed by atoms with E-state index < -0.39 is 5.97 Å². The van der Waals surface area contributed by atoms with Crippen molar-refractivity contribution < 1.29 is 23.5 Å². The number of carbonyl (C=O) groups excluding carboxylic acids is 2. The lowest BCUT2D eigenvalue weighted by atomic mass is 10.2. The van der Waals surface area contributed by atoms with E-state index in [1.165, 1.54) is 17.0 Å². The highest BCUT2D eigenvalue weighted by atomic mass is 32.1. The SMILES string of the molecule is O=C(COC(=O)c1cccc(OCc2ccc(F)cc2)c1)NCCc1cccs1. The standard InChI is InChI=1S/C22H20FNO4S/c23-18-8-6-16(7-9-18)14-27-19-4-1-3-17(13-19)22(26)28-15-21(25)24-11-10-20-5-2-12-29-20/h1-9,12-13H,10-11,14-15H2,(H,24,25). The van der Waals surface area contributed by atoms with Crippen LogP contribution in [-0.2, 0) is 22.6 Å². The molecular formula is C22H20FNO4S. The Labute approximate surface area is 172 Å². The first-order valence-electron chi connectivity index (χ1n) is 9.03. The van der Waals surface area contributed by atoms with Crippen molar-refractivity contribution in [1.29, 1.82) is 0 Å². The van der Waals surface area contributed by atoms with E-state index in [0.29, 0.717) is 12.3 Å². The largest absolute Gasteiger partial charge is 0.489 e. The van der Waals surface area contributed by atoms with E-state index in [0.717, 1.165) is 12.0 Å². The molecule has 1 aromatic heterocycles. The van der Waals surface area contributed by atoms with Crippen LogP contribution in [-0.4, -0.2) is 25.0 Å². The Hall–Kier alpha value is -3.19. The lowest BCUT2D eigenvalue weighted by Crippen LogP contribution is -2.30. The zero-order chi connectivity index (χ0) is 20.5. The Kier molecular flexibility index (Phi) is 7.35. The maximum absolute atomic E-state index is 12.9. The lowest BCUT2D eigenvalue weighted by molar-refractivity contribution is -0.124. The minimum atomic E-state index is -0.606. The van der Waals surface area contributed by atoms with Crippen LogP contribution in [0.15, 0.2) is 66.0 Å². The third kappa shape index (κ3) is 6.73. The molecule has 7 heteroatoms. The van der Waals surface area contributed by atoms with Crippen LogP contribution in [0.2, 0.25) is 0 Å². The van der Waals surface area contributed by atoms with E-state index in [9.17, 15) is 14.0 Å². The molecule has 150 valence electrons. The van der Waals surface area contributed by atoms with Gasteiger partial charge in [-0.05, 0) is 53.8 Å². The molecule has 3 aromatic rings. The first-order valence-corrected chi connectivity index (χ1v) is 9.91. The van der Waals surface area contributed by atoms with Crippen LogP contribution >= 0.6 is 11.3 Å². The van der Waals surface area contributed by atoms with Crippen LogP contribution in [0.4, 0.5) is 4.39 Å². The van der Waals surface area contributed by atoms with Crippen molar-refractivity contribution in [2.24, 2.45) is 0 Å². The molecule has 0 saturated carbocycles. The fourth-order valence-electron chi connectivity index (χ4n) is 2.51. The summed E-state index contributed by atoms with van der Waals surface area (Å²) in [5, 5.41) is 4.70. The summed E-state index contributed by atoms with van der Waals surface area (Å²) in [5.41, 5.74) is 1.09. The molecule has 0 aliphatic carbocycles. The van der Waals surface area contributed by atoms with E-state index in [1.54, 1.807) is 47.7 Å². The number of hydrogen-bond donors (Lipinski definition) is 1. The van der Waals surface area contributed by atoms with E-state index in [-0.39, 0.29) is 30.5 Å². The normalized spacial score (nSPS) is 10.4. The fraction of sp³-hybridized carbons (Fsp3) is 0.182. The molecule has 0 spiro atoms. The van der Waals surface area contributed by atoms with Gasteiger partial charge in [-0.3, -0.25) is 4.79 Å². The van der Waals surface area contributed by atoms with Crippen molar-refractivity contribution in [3.05, 3.63) is 87.9 Å². The summed E-state index contributed by atoms with van der Waals surface area (Å²) in [6.45, 7) is 0.388. The predicted octanol–water partition coefficient (Wildman–Crippen LogP) is 3.98. The van der Waals surface area contributed by atoms with Gasteiger partial charge in [0.1, 0.15) is 18.2 Å². The molecule has 29 heavy (non-hydrogen) atoms. The third-order valence-electron chi connectivity index (χ3n) is 4.00. The summed E-state index contributed by atoms with van der Waals surface area (Å²) in [7, 11) is 0. The smallest absolute Gasteiger partial charge is 0.338 e. The quantitative estimate of drug-likeness (QED) is 0.539. The van der Waals surface area contributed by atoms with E-state index in [1.807, 2.05) is 17.5 Å². The molecule has 0 unspecified atom stereocenters. The second-order valence-corrected chi connectivity index (χ2v) is 7.23. The van der Waals surface area contributed by atoms with Gasteiger partial charge in [-0.2, -0.15) is 0 Å². The molecule has 1 amide bonds. The first kappa shape index (κ1) is 20.5. The molecule has 1 heterocycles. The van der Waals surface area contributed by atoms with Gasteiger partial charge in [0.15, 0.2) is 6.61 Å². The number of benzene rings is 2. The summed E-state index contributed by atoms with van der Waals surface area (Å²) < 4.78 is 23.6. The van der Waals surface area contributed by atoms with Crippen molar-refractivity contribution in [2.75, 3.05) is 13.2 Å². The number of esters is 1. The number of amides is 1. The maximum atomic E-state index is 12.9. The summed E-state index contributed by atoms with van der Waals surface area (Å²) >= 11 is 1.63. The zero-order valence-electron chi connectivity index (χ0n) is 15.6. The van der Waals surface area contributed by atoms with Gasteiger partial charge >= 0.3 is 5.97 Å². The second kappa shape index (κ2) is 10.4. The number of thiophene rings is 1. The van der Waals surface area contributed by atoms with Gasteiger partial charge in [0, 0.05) is 11.4 Å². The molecule has 0 aliphatic rings. The summed E-state index contributed by atoms with van der Waals surface area (Å²) in [6.07, 6.45) is 0.741. The Morgan fingerprint density at radius 1 is 1.03 bits per heavy atom. The van der Waals surface area contributed by atoms with Crippen molar-refractivity contribution in [1.82, 2.24) is 5.32 Å². The predicted molar refractivity (Wildman–Crippen MR) is 108 cm³/mol. The monoisotopic (exact) mass is 413 g/mol.